The van der Waals surface area contributed by atoms with Gasteiger partial charge in [0.15, 0.2) is 11.5 Å². The van der Waals surface area contributed by atoms with Crippen LogP contribution >= 0.6 is 0 Å². The van der Waals surface area contributed by atoms with E-state index in [1.54, 1.807) is 35.7 Å². The number of benzene rings is 1. The first-order chi connectivity index (χ1) is 16.9. The molecule has 35 heavy (non-hydrogen) atoms. The van der Waals surface area contributed by atoms with Crippen molar-refractivity contribution in [1.29, 1.82) is 0 Å². The van der Waals surface area contributed by atoms with Gasteiger partial charge < -0.3 is 9.30 Å². The van der Waals surface area contributed by atoms with Crippen LogP contribution in [0, 0.1) is 0 Å². The smallest absolute Gasteiger partial charge is 0.330 e. The molecule has 0 bridgehead atoms. The Morgan fingerprint density at radius 3 is 2.49 bits per heavy atom. The molecular formula is C26H27N7O2. The van der Waals surface area contributed by atoms with Gasteiger partial charge in [0.25, 0.3) is 0 Å². The van der Waals surface area contributed by atoms with Crippen molar-refractivity contribution in [2.45, 2.75) is 26.3 Å². The third kappa shape index (κ3) is 3.99. The molecule has 0 saturated heterocycles. The minimum absolute atomic E-state index is 0.139. The largest absolute Gasteiger partial charge is 0.480 e. The van der Waals surface area contributed by atoms with Crippen molar-refractivity contribution in [2.75, 3.05) is 7.11 Å². The number of hydrogen-bond donors (Lipinski definition) is 0. The van der Waals surface area contributed by atoms with Gasteiger partial charge in [0.1, 0.15) is 11.3 Å². The summed E-state index contributed by atoms with van der Waals surface area (Å²) in [7, 11) is 5.27. The standard InChI is InChI=1S/C26H27N7O2/c1-16(2)22-19(7-6-12-27-22)23-28-13-20-25(30-23)33(26(34)32(20)4)14-17-8-10-18(11-9-17)24-29-21(35-5)15-31(24)3/h6-13,15-16H,14H2,1-5H3. The van der Waals surface area contributed by atoms with Crippen LogP contribution in [-0.2, 0) is 20.6 Å². The molecule has 0 spiro atoms. The van der Waals surface area contributed by atoms with Crippen molar-refractivity contribution in [1.82, 2.24) is 33.6 Å². The molecule has 9 heteroatoms. The highest BCUT2D eigenvalue weighted by atomic mass is 16.5. The van der Waals surface area contributed by atoms with Crippen LogP contribution in [0.15, 0.2) is 59.8 Å². The van der Waals surface area contributed by atoms with Crippen molar-refractivity contribution in [3.63, 3.8) is 0 Å². The van der Waals surface area contributed by atoms with Crippen molar-refractivity contribution < 1.29 is 4.74 Å². The van der Waals surface area contributed by atoms with Crippen LogP contribution in [0.4, 0.5) is 0 Å². The van der Waals surface area contributed by atoms with E-state index in [4.69, 9.17) is 9.72 Å². The number of methoxy groups -OCH3 is 1. The Morgan fingerprint density at radius 1 is 1.03 bits per heavy atom. The van der Waals surface area contributed by atoms with E-state index in [1.165, 1.54) is 0 Å². The normalized spacial score (nSPS) is 11.5. The van der Waals surface area contributed by atoms with E-state index in [9.17, 15) is 4.79 Å². The van der Waals surface area contributed by atoms with Crippen LogP contribution in [-0.4, -0.2) is 40.7 Å². The first kappa shape index (κ1) is 22.5. The molecule has 178 valence electrons. The Kier molecular flexibility index (Phi) is 5.68. The molecule has 5 rings (SSSR count). The van der Waals surface area contributed by atoms with Gasteiger partial charge in [0.05, 0.1) is 31.7 Å². The second-order valence-corrected chi connectivity index (χ2v) is 8.84. The second kappa shape index (κ2) is 8.83. The Morgan fingerprint density at radius 2 is 1.80 bits per heavy atom. The summed E-state index contributed by atoms with van der Waals surface area (Å²) in [5.41, 5.74) is 4.89. The molecule has 4 heterocycles. The SMILES string of the molecule is COc1cn(C)c(-c2ccc(Cn3c(=O)n(C)c4cnc(-c5cccnc5C(C)C)nc43)cc2)n1. The van der Waals surface area contributed by atoms with Crippen LogP contribution in [0.1, 0.15) is 31.0 Å². The van der Waals surface area contributed by atoms with E-state index < -0.39 is 0 Å². The second-order valence-electron chi connectivity index (χ2n) is 8.84. The Bertz CT molecular complexity index is 1580. The minimum atomic E-state index is -0.139. The average Bonchev–Trinajstić information content (AvgIpc) is 3.37. The van der Waals surface area contributed by atoms with Gasteiger partial charge in [0, 0.05) is 31.4 Å². The zero-order chi connectivity index (χ0) is 24.7. The van der Waals surface area contributed by atoms with Gasteiger partial charge in [-0.3, -0.25) is 14.1 Å². The molecule has 0 saturated carbocycles. The van der Waals surface area contributed by atoms with Crippen LogP contribution < -0.4 is 10.4 Å². The first-order valence-electron chi connectivity index (χ1n) is 11.4. The molecule has 0 N–H and O–H groups in total. The molecule has 0 aliphatic carbocycles. The number of hydrogen-bond acceptors (Lipinski definition) is 6. The first-order valence-corrected chi connectivity index (χ1v) is 11.4. The van der Waals surface area contributed by atoms with Crippen LogP contribution in [0.2, 0.25) is 0 Å². The maximum absolute atomic E-state index is 13.1. The number of aryl methyl sites for hydroxylation is 2. The minimum Gasteiger partial charge on any atom is -0.480 e. The molecule has 5 aromatic rings. The summed E-state index contributed by atoms with van der Waals surface area (Å²) >= 11 is 0. The summed E-state index contributed by atoms with van der Waals surface area (Å²) < 4.78 is 10.4. The highest BCUT2D eigenvalue weighted by Crippen LogP contribution is 2.26. The third-order valence-electron chi connectivity index (χ3n) is 6.13. The molecule has 1 aromatic carbocycles. The maximum atomic E-state index is 13.1. The molecule has 0 aliphatic rings. The fraction of sp³-hybridized carbons (Fsp3) is 0.269. The molecule has 0 unspecified atom stereocenters. The van der Waals surface area contributed by atoms with Crippen molar-refractivity contribution >= 4 is 11.2 Å². The Hall–Kier alpha value is -4.27. The lowest BCUT2D eigenvalue weighted by molar-refractivity contribution is 0.400. The van der Waals surface area contributed by atoms with E-state index in [1.807, 2.05) is 54.2 Å². The Labute approximate surface area is 202 Å². The van der Waals surface area contributed by atoms with Crippen molar-refractivity contribution in [3.05, 3.63) is 76.7 Å². The number of pyridine rings is 1. The zero-order valence-electron chi connectivity index (χ0n) is 20.4. The number of ether oxygens (including phenoxy) is 1. The van der Waals surface area contributed by atoms with Gasteiger partial charge in [-0.2, -0.15) is 4.98 Å². The lowest BCUT2D eigenvalue weighted by Gasteiger charge is -2.10. The van der Waals surface area contributed by atoms with Crippen LogP contribution in [0.3, 0.4) is 0 Å². The van der Waals surface area contributed by atoms with E-state index in [-0.39, 0.29) is 11.6 Å². The lowest BCUT2D eigenvalue weighted by atomic mass is 10.0. The van der Waals surface area contributed by atoms with Crippen molar-refractivity contribution in [3.8, 4) is 28.7 Å². The predicted molar refractivity (Wildman–Crippen MR) is 134 cm³/mol. The Balaban J connectivity index is 1.53. The maximum Gasteiger partial charge on any atom is 0.330 e. The number of fused-ring (bicyclic) bond motifs is 1. The summed E-state index contributed by atoms with van der Waals surface area (Å²) in [6.07, 6.45) is 5.33. The number of imidazole rings is 2. The van der Waals surface area contributed by atoms with Crippen molar-refractivity contribution in [2.24, 2.45) is 14.1 Å². The van der Waals surface area contributed by atoms with Gasteiger partial charge in [0.2, 0.25) is 5.88 Å². The molecule has 0 fully saturated rings. The highest BCUT2D eigenvalue weighted by Gasteiger charge is 2.17. The number of nitrogens with zero attached hydrogens (tertiary/aromatic N) is 7. The summed E-state index contributed by atoms with van der Waals surface area (Å²) in [5, 5.41) is 0. The molecule has 0 atom stereocenters. The fourth-order valence-corrected chi connectivity index (χ4v) is 4.26. The van der Waals surface area contributed by atoms with E-state index in [2.05, 4.69) is 28.8 Å². The van der Waals surface area contributed by atoms with Gasteiger partial charge >= 0.3 is 5.69 Å². The summed E-state index contributed by atoms with van der Waals surface area (Å²) in [5.74, 6) is 2.16. The zero-order valence-corrected chi connectivity index (χ0v) is 20.4. The number of aromatic nitrogens is 7. The topological polar surface area (TPSA) is 92.7 Å². The van der Waals surface area contributed by atoms with E-state index in [0.29, 0.717) is 29.4 Å². The summed E-state index contributed by atoms with van der Waals surface area (Å²) in [4.78, 5) is 31.5. The molecule has 9 nitrogen and oxygen atoms in total. The predicted octanol–water partition coefficient (Wildman–Crippen LogP) is 3.77. The van der Waals surface area contributed by atoms with E-state index in [0.717, 1.165) is 28.2 Å². The van der Waals surface area contributed by atoms with Crippen LogP contribution in [0.25, 0.3) is 33.9 Å². The summed E-state index contributed by atoms with van der Waals surface area (Å²) in [6.45, 7) is 4.57. The van der Waals surface area contributed by atoms with E-state index >= 15 is 0 Å². The number of rotatable bonds is 6. The average molecular weight is 470 g/mol. The van der Waals surface area contributed by atoms with Gasteiger partial charge in [-0.1, -0.05) is 38.1 Å². The molecular weight excluding hydrogens is 442 g/mol. The molecule has 0 radical (unpaired) electrons. The molecule has 4 aromatic heterocycles. The third-order valence-corrected chi connectivity index (χ3v) is 6.13. The quantitative estimate of drug-likeness (QED) is 0.376. The highest BCUT2D eigenvalue weighted by molar-refractivity contribution is 5.74. The monoisotopic (exact) mass is 469 g/mol. The van der Waals surface area contributed by atoms with Crippen LogP contribution in [0.5, 0.6) is 5.88 Å². The lowest BCUT2D eigenvalue weighted by Crippen LogP contribution is -2.22. The summed E-state index contributed by atoms with van der Waals surface area (Å²) in [6, 6.07) is 11.9. The molecule has 0 amide bonds. The van der Waals surface area contributed by atoms with Gasteiger partial charge in [-0.15, -0.1) is 0 Å². The molecule has 0 aliphatic heterocycles. The van der Waals surface area contributed by atoms with Gasteiger partial charge in [-0.05, 0) is 23.6 Å². The van der Waals surface area contributed by atoms with Gasteiger partial charge in [-0.25, -0.2) is 14.8 Å². The fourth-order valence-electron chi connectivity index (χ4n) is 4.26.